The number of nitrogens with one attached hydrogen (secondary N) is 1. The third-order valence-electron chi connectivity index (χ3n) is 1.59. The van der Waals surface area contributed by atoms with E-state index < -0.39 is 17.9 Å². The summed E-state index contributed by atoms with van der Waals surface area (Å²) in [7, 11) is 1.25. The van der Waals surface area contributed by atoms with Crippen LogP contribution in [0.25, 0.3) is 5.53 Å². The number of esters is 1. The highest BCUT2D eigenvalue weighted by Gasteiger charge is 2.21. The Bertz CT molecular complexity index is 276. The molecule has 0 unspecified atom stereocenters. The van der Waals surface area contributed by atoms with E-state index in [0.29, 0.717) is 12.6 Å². The minimum atomic E-state index is -0.701. The average molecular weight is 231 g/mol. The van der Waals surface area contributed by atoms with Gasteiger partial charge in [0.1, 0.15) is 6.04 Å². The first-order chi connectivity index (χ1) is 7.15. The maximum Gasteiger partial charge on any atom is 0.344 e. The van der Waals surface area contributed by atoms with Crippen LogP contribution in [-0.4, -0.2) is 48.0 Å². The number of carbonyl (C=O) groups excluding carboxylic acids is 2. The number of thioether (sulfide) groups is 1. The van der Waals surface area contributed by atoms with Gasteiger partial charge in [-0.3, -0.25) is 4.79 Å². The van der Waals surface area contributed by atoms with Crippen LogP contribution in [0.3, 0.4) is 0 Å². The molecule has 0 aliphatic rings. The lowest BCUT2D eigenvalue weighted by molar-refractivity contribution is -0.144. The van der Waals surface area contributed by atoms with Crippen LogP contribution < -0.4 is 5.32 Å². The molecule has 1 amide bonds. The molecular formula is C8H13N3O3S. The molecule has 0 heterocycles. The van der Waals surface area contributed by atoms with Crippen molar-refractivity contribution in [2.24, 2.45) is 0 Å². The van der Waals surface area contributed by atoms with Crippen LogP contribution in [0, 0.1) is 0 Å². The minimum absolute atomic E-state index is 0.471. The van der Waals surface area contributed by atoms with Crippen molar-refractivity contribution in [2.75, 3.05) is 19.1 Å². The number of rotatable bonds is 6. The summed E-state index contributed by atoms with van der Waals surface area (Å²) >= 11 is 1.56. The molecule has 0 saturated heterocycles. The van der Waals surface area contributed by atoms with Gasteiger partial charge < -0.3 is 15.6 Å². The van der Waals surface area contributed by atoms with Gasteiger partial charge in [0.2, 0.25) is 0 Å². The topological polar surface area (TPSA) is 91.8 Å². The number of carbonyl (C=O) groups is 2. The number of hydrogen-bond acceptors (Lipinski definition) is 4. The molecule has 15 heavy (non-hydrogen) atoms. The molecule has 6 nitrogen and oxygen atoms in total. The van der Waals surface area contributed by atoms with Crippen molar-refractivity contribution in [3.63, 3.8) is 0 Å². The number of methoxy groups -OCH3 is 1. The monoisotopic (exact) mass is 231 g/mol. The van der Waals surface area contributed by atoms with Crippen LogP contribution in [0.2, 0.25) is 0 Å². The van der Waals surface area contributed by atoms with Crippen molar-refractivity contribution < 1.29 is 19.1 Å². The first kappa shape index (κ1) is 13.7. The van der Waals surface area contributed by atoms with Gasteiger partial charge in [0, 0.05) is 0 Å². The summed E-state index contributed by atoms with van der Waals surface area (Å²) in [6.07, 6.45) is 3.05. The van der Waals surface area contributed by atoms with E-state index in [1.165, 1.54) is 7.11 Å². The van der Waals surface area contributed by atoms with E-state index in [1.807, 2.05) is 6.26 Å². The summed E-state index contributed by atoms with van der Waals surface area (Å²) in [6, 6.07) is -0.701. The average Bonchev–Trinajstić information content (AvgIpc) is 2.23. The maximum absolute atomic E-state index is 11.2. The van der Waals surface area contributed by atoms with Gasteiger partial charge >= 0.3 is 18.1 Å². The van der Waals surface area contributed by atoms with E-state index in [2.05, 4.69) is 14.8 Å². The second-order valence-corrected chi connectivity index (χ2v) is 3.60. The van der Waals surface area contributed by atoms with Crippen molar-refractivity contribution in [1.29, 1.82) is 0 Å². The largest absolute Gasteiger partial charge is 0.467 e. The molecule has 0 aliphatic heterocycles. The summed E-state index contributed by atoms with van der Waals surface area (Å²) in [6.45, 7) is 0. The lowest BCUT2D eigenvalue weighted by atomic mass is 10.2. The zero-order chi connectivity index (χ0) is 11.7. The van der Waals surface area contributed by atoms with E-state index in [4.69, 9.17) is 5.53 Å². The predicted octanol–water partition coefficient (Wildman–Crippen LogP) is -0.302. The summed E-state index contributed by atoms with van der Waals surface area (Å²) in [5.41, 5.74) is 8.11. The van der Waals surface area contributed by atoms with E-state index in [1.54, 1.807) is 11.8 Å². The Morgan fingerprint density at radius 3 is 2.80 bits per heavy atom. The van der Waals surface area contributed by atoms with E-state index in [-0.39, 0.29) is 0 Å². The molecule has 0 aliphatic carbocycles. The number of amides is 1. The van der Waals surface area contributed by atoms with Gasteiger partial charge in [0.25, 0.3) is 0 Å². The second-order valence-electron chi connectivity index (χ2n) is 2.61. The summed E-state index contributed by atoms with van der Waals surface area (Å²) in [4.78, 5) is 24.8. The standard InChI is InChI=1S/C8H13N3O3S/c1-14-8(13)6(3-4-15-2)11-7(12)5-10-9/h5-6H,3-4H2,1-2H3,(H,11,12)/t6-/m0/s1. The summed E-state index contributed by atoms with van der Waals surface area (Å²) < 4.78 is 4.52. The number of ether oxygens (including phenoxy) is 1. The van der Waals surface area contributed by atoms with Crippen molar-refractivity contribution in [3.05, 3.63) is 5.53 Å². The zero-order valence-electron chi connectivity index (χ0n) is 8.60. The van der Waals surface area contributed by atoms with Gasteiger partial charge in [-0.15, -0.1) is 0 Å². The van der Waals surface area contributed by atoms with Crippen LogP contribution in [0.4, 0.5) is 0 Å². The fourth-order valence-electron chi connectivity index (χ4n) is 0.888. The Morgan fingerprint density at radius 1 is 1.67 bits per heavy atom. The third kappa shape index (κ3) is 5.87. The first-order valence-corrected chi connectivity index (χ1v) is 5.59. The molecule has 0 bridgehead atoms. The van der Waals surface area contributed by atoms with Gasteiger partial charge in [0.05, 0.1) is 7.11 Å². The molecule has 0 spiro atoms. The molecule has 0 aromatic heterocycles. The molecule has 0 fully saturated rings. The Balaban J connectivity index is 4.29. The second kappa shape index (κ2) is 8.02. The molecule has 0 radical (unpaired) electrons. The lowest BCUT2D eigenvalue weighted by Crippen LogP contribution is -2.42. The fraction of sp³-hybridized carbons (Fsp3) is 0.625. The van der Waals surface area contributed by atoms with Crippen LogP contribution in [0.5, 0.6) is 0 Å². The highest BCUT2D eigenvalue weighted by molar-refractivity contribution is 7.98. The lowest BCUT2D eigenvalue weighted by Gasteiger charge is -2.13. The minimum Gasteiger partial charge on any atom is -0.467 e. The molecule has 7 heteroatoms. The first-order valence-electron chi connectivity index (χ1n) is 4.20. The van der Waals surface area contributed by atoms with E-state index in [0.717, 1.165) is 5.75 Å². The van der Waals surface area contributed by atoms with E-state index in [9.17, 15) is 9.59 Å². The Labute approximate surface area is 92.0 Å². The molecule has 0 saturated carbocycles. The molecular weight excluding hydrogens is 218 g/mol. The number of hydrogen-bond donors (Lipinski definition) is 1. The number of nitrogens with zero attached hydrogens (tertiary/aromatic N) is 2. The van der Waals surface area contributed by atoms with E-state index >= 15 is 0 Å². The highest BCUT2D eigenvalue weighted by Crippen LogP contribution is 2.01. The SMILES string of the molecule is COC(=O)[C@H](CCSC)NC(=O)C=[N+]=[N-]. The van der Waals surface area contributed by atoms with Gasteiger partial charge in [-0.1, -0.05) is 0 Å². The fourth-order valence-corrected chi connectivity index (χ4v) is 1.36. The summed E-state index contributed by atoms with van der Waals surface area (Å²) in [5, 5.41) is 2.37. The van der Waals surface area contributed by atoms with Crippen LogP contribution in [0.15, 0.2) is 0 Å². The van der Waals surface area contributed by atoms with Gasteiger partial charge in [-0.25, -0.2) is 4.79 Å². The molecule has 0 aromatic rings. The van der Waals surface area contributed by atoms with Crippen LogP contribution in [0.1, 0.15) is 6.42 Å². The molecule has 1 N–H and O–H groups in total. The Hall–Kier alpha value is -1.33. The van der Waals surface area contributed by atoms with Crippen molar-refractivity contribution in [2.45, 2.75) is 12.5 Å². The molecule has 1 atom stereocenters. The Kier molecular flexibility index (Phi) is 7.31. The van der Waals surface area contributed by atoms with Crippen LogP contribution in [-0.2, 0) is 14.3 Å². The van der Waals surface area contributed by atoms with Crippen molar-refractivity contribution >= 4 is 29.9 Å². The Morgan fingerprint density at radius 2 is 2.33 bits per heavy atom. The predicted molar refractivity (Wildman–Crippen MR) is 56.6 cm³/mol. The van der Waals surface area contributed by atoms with Gasteiger partial charge in [-0.05, 0) is 18.4 Å². The molecule has 0 rings (SSSR count). The quantitative estimate of drug-likeness (QED) is 0.294. The molecule has 84 valence electrons. The maximum atomic E-state index is 11.2. The van der Waals surface area contributed by atoms with Crippen LogP contribution >= 0.6 is 11.8 Å². The summed E-state index contributed by atoms with van der Waals surface area (Å²) in [5.74, 6) is -0.422. The third-order valence-corrected chi connectivity index (χ3v) is 2.23. The van der Waals surface area contributed by atoms with Crippen molar-refractivity contribution in [3.8, 4) is 0 Å². The highest BCUT2D eigenvalue weighted by atomic mass is 32.2. The van der Waals surface area contributed by atoms with Crippen molar-refractivity contribution in [1.82, 2.24) is 5.32 Å². The van der Waals surface area contributed by atoms with Gasteiger partial charge in [0.15, 0.2) is 0 Å². The van der Waals surface area contributed by atoms with Gasteiger partial charge in [-0.2, -0.15) is 16.6 Å². The zero-order valence-corrected chi connectivity index (χ0v) is 9.41. The normalized spacial score (nSPS) is 11.1. The molecule has 0 aromatic carbocycles. The smallest absolute Gasteiger partial charge is 0.344 e.